The second-order valence-electron chi connectivity index (χ2n) is 2.29. The first-order chi connectivity index (χ1) is 5.47. The summed E-state index contributed by atoms with van der Waals surface area (Å²) in [4.78, 5) is 1.44. The molecule has 1 aliphatic heterocycles. The smallest absolute Gasteiger partial charge is 0.0615 e. The van der Waals surface area contributed by atoms with E-state index in [1.165, 1.54) is 4.88 Å². The summed E-state index contributed by atoms with van der Waals surface area (Å²) in [6, 6.07) is 4.29. The van der Waals surface area contributed by atoms with Gasteiger partial charge in [-0.1, -0.05) is 24.3 Å². The van der Waals surface area contributed by atoms with Gasteiger partial charge >= 0.3 is 0 Å². The van der Waals surface area contributed by atoms with E-state index in [1.54, 1.807) is 0 Å². The zero-order valence-corrected chi connectivity index (χ0v) is 7.57. The van der Waals surface area contributed by atoms with Crippen molar-refractivity contribution >= 4 is 23.1 Å². The highest BCUT2D eigenvalue weighted by Crippen LogP contribution is 2.35. The van der Waals surface area contributed by atoms with E-state index in [1.807, 2.05) is 23.1 Å². The molecule has 1 aromatic rings. The lowest BCUT2D eigenvalue weighted by Gasteiger charge is -2.08. The Bertz CT molecular complexity index is 270. The van der Waals surface area contributed by atoms with Crippen LogP contribution in [0.4, 0.5) is 0 Å². The molecule has 0 fully saturated rings. The Balaban J connectivity index is 2.19. The molecular formula is C9H8S2. The van der Waals surface area contributed by atoms with Crippen molar-refractivity contribution in [3.05, 3.63) is 46.0 Å². The van der Waals surface area contributed by atoms with Crippen LogP contribution in [-0.4, -0.2) is 0 Å². The lowest BCUT2D eigenvalue weighted by molar-refractivity contribution is 1.29. The molecule has 2 heteroatoms. The predicted molar refractivity (Wildman–Crippen MR) is 52.9 cm³/mol. The number of hydrogen-bond acceptors (Lipinski definition) is 2. The van der Waals surface area contributed by atoms with Gasteiger partial charge in [0, 0.05) is 4.88 Å². The summed E-state index contributed by atoms with van der Waals surface area (Å²) in [6.07, 6.45) is 6.42. The van der Waals surface area contributed by atoms with Crippen LogP contribution in [0, 0.1) is 0 Å². The molecule has 1 unspecified atom stereocenters. The van der Waals surface area contributed by atoms with Gasteiger partial charge in [-0.2, -0.15) is 0 Å². The van der Waals surface area contributed by atoms with E-state index in [0.29, 0.717) is 5.25 Å². The van der Waals surface area contributed by atoms with E-state index in [9.17, 15) is 0 Å². The van der Waals surface area contributed by atoms with Crippen molar-refractivity contribution in [1.82, 2.24) is 0 Å². The zero-order valence-electron chi connectivity index (χ0n) is 5.94. The molecule has 0 saturated carbocycles. The molecular weight excluding hydrogens is 172 g/mol. The summed E-state index contributed by atoms with van der Waals surface area (Å²) in [5.74, 6) is 0. The molecule has 0 N–H and O–H groups in total. The van der Waals surface area contributed by atoms with E-state index in [2.05, 4.69) is 41.1 Å². The minimum Gasteiger partial charge on any atom is -0.147 e. The Kier molecular flexibility index (Phi) is 2.15. The Morgan fingerprint density at radius 3 is 2.91 bits per heavy atom. The normalized spacial score (nSPS) is 22.4. The Morgan fingerprint density at radius 1 is 1.27 bits per heavy atom. The highest BCUT2D eigenvalue weighted by molar-refractivity contribution is 8.02. The molecule has 0 radical (unpaired) electrons. The van der Waals surface area contributed by atoms with Crippen LogP contribution in [-0.2, 0) is 0 Å². The summed E-state index contributed by atoms with van der Waals surface area (Å²) in [6.45, 7) is 0. The first-order valence-corrected chi connectivity index (χ1v) is 5.31. The van der Waals surface area contributed by atoms with Crippen LogP contribution in [0.2, 0.25) is 0 Å². The molecule has 11 heavy (non-hydrogen) atoms. The van der Waals surface area contributed by atoms with Gasteiger partial charge in [0.05, 0.1) is 5.25 Å². The average Bonchev–Trinajstić information content (AvgIpc) is 2.58. The molecule has 0 amide bonds. The van der Waals surface area contributed by atoms with Crippen molar-refractivity contribution < 1.29 is 0 Å². The van der Waals surface area contributed by atoms with Gasteiger partial charge < -0.3 is 0 Å². The topological polar surface area (TPSA) is 0 Å². The van der Waals surface area contributed by atoms with E-state index in [0.717, 1.165) is 0 Å². The van der Waals surface area contributed by atoms with Crippen LogP contribution in [0.15, 0.2) is 41.1 Å². The molecule has 0 aromatic carbocycles. The van der Waals surface area contributed by atoms with Gasteiger partial charge in [0.15, 0.2) is 0 Å². The molecule has 0 nitrogen and oxygen atoms in total. The fraction of sp³-hybridized carbons (Fsp3) is 0.111. The molecule has 0 bridgehead atoms. The molecule has 1 aromatic heterocycles. The molecule has 0 spiro atoms. The van der Waals surface area contributed by atoms with Crippen molar-refractivity contribution in [1.29, 1.82) is 0 Å². The molecule has 2 rings (SSSR count). The fourth-order valence-electron chi connectivity index (χ4n) is 1.00. The van der Waals surface area contributed by atoms with Crippen molar-refractivity contribution in [3.8, 4) is 0 Å². The number of rotatable bonds is 1. The number of hydrogen-bond donors (Lipinski definition) is 0. The van der Waals surface area contributed by atoms with E-state index in [-0.39, 0.29) is 0 Å². The zero-order chi connectivity index (χ0) is 7.52. The fourth-order valence-corrected chi connectivity index (χ4v) is 2.76. The summed E-state index contributed by atoms with van der Waals surface area (Å²) in [7, 11) is 0. The van der Waals surface area contributed by atoms with Gasteiger partial charge in [0.2, 0.25) is 0 Å². The SMILES string of the molecule is C1=CSC(c2cccs2)C=C1. The first-order valence-electron chi connectivity index (χ1n) is 3.49. The molecule has 0 aliphatic carbocycles. The van der Waals surface area contributed by atoms with Gasteiger partial charge in [-0.3, -0.25) is 0 Å². The average molecular weight is 180 g/mol. The van der Waals surface area contributed by atoms with Gasteiger partial charge in [-0.05, 0) is 16.9 Å². The van der Waals surface area contributed by atoms with Gasteiger partial charge in [0.25, 0.3) is 0 Å². The summed E-state index contributed by atoms with van der Waals surface area (Å²) < 4.78 is 0. The lowest BCUT2D eigenvalue weighted by atomic mass is 10.3. The van der Waals surface area contributed by atoms with E-state index in [4.69, 9.17) is 0 Å². The number of thioether (sulfide) groups is 1. The number of allylic oxidation sites excluding steroid dienone is 2. The van der Waals surface area contributed by atoms with Crippen molar-refractivity contribution in [2.75, 3.05) is 0 Å². The molecule has 56 valence electrons. The maximum atomic E-state index is 2.23. The van der Waals surface area contributed by atoms with Crippen molar-refractivity contribution in [3.63, 3.8) is 0 Å². The van der Waals surface area contributed by atoms with E-state index < -0.39 is 0 Å². The van der Waals surface area contributed by atoms with Crippen molar-refractivity contribution in [2.24, 2.45) is 0 Å². The summed E-state index contributed by atoms with van der Waals surface area (Å²) >= 11 is 3.69. The third-order valence-electron chi connectivity index (χ3n) is 1.52. The minimum atomic E-state index is 0.556. The summed E-state index contributed by atoms with van der Waals surface area (Å²) in [5, 5.41) is 4.83. The molecule has 1 aliphatic rings. The predicted octanol–water partition coefficient (Wildman–Crippen LogP) is 3.61. The minimum absolute atomic E-state index is 0.556. The second kappa shape index (κ2) is 3.28. The van der Waals surface area contributed by atoms with Crippen LogP contribution in [0.25, 0.3) is 0 Å². The molecule has 2 heterocycles. The Hall–Kier alpha value is -0.470. The van der Waals surface area contributed by atoms with Crippen LogP contribution in [0.3, 0.4) is 0 Å². The van der Waals surface area contributed by atoms with Crippen LogP contribution < -0.4 is 0 Å². The standard InChI is InChI=1S/C9H8S2/c1-2-6-10-8(4-1)9-5-3-7-11-9/h1-8H. The van der Waals surface area contributed by atoms with Gasteiger partial charge in [-0.25, -0.2) is 0 Å². The third-order valence-corrected chi connectivity index (χ3v) is 3.65. The van der Waals surface area contributed by atoms with Gasteiger partial charge in [-0.15, -0.1) is 23.1 Å². The monoisotopic (exact) mass is 180 g/mol. The summed E-state index contributed by atoms with van der Waals surface area (Å²) in [5.41, 5.74) is 0. The maximum Gasteiger partial charge on any atom is 0.0615 e. The first kappa shape index (κ1) is 7.19. The second-order valence-corrected chi connectivity index (χ2v) is 4.32. The molecule has 0 saturated heterocycles. The highest BCUT2D eigenvalue weighted by atomic mass is 32.2. The molecule has 1 atom stereocenters. The maximum absolute atomic E-state index is 2.23. The quantitative estimate of drug-likeness (QED) is 0.636. The van der Waals surface area contributed by atoms with Crippen LogP contribution in [0.5, 0.6) is 0 Å². The van der Waals surface area contributed by atoms with E-state index >= 15 is 0 Å². The van der Waals surface area contributed by atoms with Crippen LogP contribution in [0.1, 0.15) is 10.1 Å². The van der Waals surface area contributed by atoms with Crippen molar-refractivity contribution in [2.45, 2.75) is 5.25 Å². The van der Waals surface area contributed by atoms with Crippen LogP contribution >= 0.6 is 23.1 Å². The lowest BCUT2D eigenvalue weighted by Crippen LogP contribution is -1.85. The largest absolute Gasteiger partial charge is 0.147 e. The Labute approximate surface area is 74.6 Å². The number of thiophene rings is 1. The van der Waals surface area contributed by atoms with Gasteiger partial charge in [0.1, 0.15) is 0 Å². The highest BCUT2D eigenvalue weighted by Gasteiger charge is 2.08. The third kappa shape index (κ3) is 1.57. The Morgan fingerprint density at radius 2 is 2.27 bits per heavy atom.